The van der Waals surface area contributed by atoms with Gasteiger partial charge in [0.1, 0.15) is 17.2 Å². The molecule has 1 fully saturated rings. The quantitative estimate of drug-likeness (QED) is 0.914. The molecule has 0 amide bonds. The molecular formula is C15H19FN2O3S. The van der Waals surface area contributed by atoms with Crippen LogP contribution < -0.4 is 4.72 Å². The Morgan fingerprint density at radius 2 is 2.23 bits per heavy atom. The van der Waals surface area contributed by atoms with Gasteiger partial charge in [-0.3, -0.25) is 4.90 Å². The van der Waals surface area contributed by atoms with E-state index in [0.29, 0.717) is 38.2 Å². The fourth-order valence-electron chi connectivity index (χ4n) is 2.88. The lowest BCUT2D eigenvalue weighted by Gasteiger charge is -2.14. The summed E-state index contributed by atoms with van der Waals surface area (Å²) in [4.78, 5) is 2.05. The van der Waals surface area contributed by atoms with Crippen molar-refractivity contribution in [2.24, 2.45) is 0 Å². The molecule has 0 spiro atoms. The largest absolute Gasteiger partial charge is 0.460 e. The molecule has 5 nitrogen and oxygen atoms in total. The standard InChI is InChI=1S/C15H19FN2O3S/c1-2-17-22(19,20)14-5-6-18(10-14)9-13-8-11-7-12(16)3-4-15(11)21-13/h3-4,7-8,14,17H,2,5-6,9-10H2,1H3. The number of benzene rings is 1. The maximum absolute atomic E-state index is 13.2. The number of hydrogen-bond donors (Lipinski definition) is 1. The third-order valence-corrected chi connectivity index (χ3v) is 5.88. The van der Waals surface area contributed by atoms with E-state index < -0.39 is 10.0 Å². The Balaban J connectivity index is 1.69. The van der Waals surface area contributed by atoms with Crippen molar-refractivity contribution in [3.63, 3.8) is 0 Å². The van der Waals surface area contributed by atoms with Crippen molar-refractivity contribution < 1.29 is 17.2 Å². The van der Waals surface area contributed by atoms with Crippen LogP contribution in [0.5, 0.6) is 0 Å². The molecule has 1 aliphatic heterocycles. The first-order chi connectivity index (χ1) is 10.5. The van der Waals surface area contributed by atoms with Gasteiger partial charge in [0.25, 0.3) is 0 Å². The number of nitrogens with zero attached hydrogens (tertiary/aromatic N) is 1. The molecule has 0 radical (unpaired) electrons. The lowest BCUT2D eigenvalue weighted by atomic mass is 10.2. The van der Waals surface area contributed by atoms with Crippen molar-refractivity contribution in [1.29, 1.82) is 0 Å². The van der Waals surface area contributed by atoms with E-state index in [9.17, 15) is 12.8 Å². The molecule has 22 heavy (non-hydrogen) atoms. The SMILES string of the molecule is CCNS(=O)(=O)C1CCN(Cc2cc3cc(F)ccc3o2)C1. The highest BCUT2D eigenvalue weighted by Crippen LogP contribution is 2.24. The number of hydrogen-bond acceptors (Lipinski definition) is 4. The van der Waals surface area contributed by atoms with Crippen LogP contribution in [-0.4, -0.2) is 38.2 Å². The van der Waals surface area contributed by atoms with Gasteiger partial charge in [0.2, 0.25) is 10.0 Å². The number of likely N-dealkylation sites (tertiary alicyclic amines) is 1. The zero-order valence-electron chi connectivity index (χ0n) is 12.4. The molecule has 1 saturated heterocycles. The zero-order chi connectivity index (χ0) is 15.7. The molecule has 1 aromatic heterocycles. The molecule has 3 rings (SSSR count). The van der Waals surface area contributed by atoms with Crippen LogP contribution in [0.3, 0.4) is 0 Å². The van der Waals surface area contributed by atoms with E-state index in [1.807, 2.05) is 11.0 Å². The monoisotopic (exact) mass is 326 g/mol. The van der Waals surface area contributed by atoms with E-state index in [4.69, 9.17) is 4.42 Å². The van der Waals surface area contributed by atoms with Crippen molar-refractivity contribution in [2.45, 2.75) is 25.1 Å². The number of rotatable bonds is 5. The molecule has 1 aromatic carbocycles. The van der Waals surface area contributed by atoms with Crippen LogP contribution >= 0.6 is 0 Å². The van der Waals surface area contributed by atoms with Gasteiger partial charge < -0.3 is 4.42 Å². The predicted molar refractivity (Wildman–Crippen MR) is 82.5 cm³/mol. The Morgan fingerprint density at radius 1 is 1.41 bits per heavy atom. The van der Waals surface area contributed by atoms with E-state index in [1.165, 1.54) is 12.1 Å². The first-order valence-electron chi connectivity index (χ1n) is 7.37. The highest BCUT2D eigenvalue weighted by atomic mass is 32.2. The summed E-state index contributed by atoms with van der Waals surface area (Å²) in [5.74, 6) is 0.430. The van der Waals surface area contributed by atoms with Gasteiger partial charge in [0.05, 0.1) is 11.8 Å². The van der Waals surface area contributed by atoms with Crippen molar-refractivity contribution in [1.82, 2.24) is 9.62 Å². The number of fused-ring (bicyclic) bond motifs is 1. The van der Waals surface area contributed by atoms with Crippen LogP contribution in [-0.2, 0) is 16.6 Å². The van der Waals surface area contributed by atoms with Crippen molar-refractivity contribution in [2.75, 3.05) is 19.6 Å². The molecule has 120 valence electrons. The molecule has 7 heteroatoms. The lowest BCUT2D eigenvalue weighted by Crippen LogP contribution is -2.36. The first-order valence-corrected chi connectivity index (χ1v) is 8.91. The normalized spacial score (nSPS) is 20.0. The highest BCUT2D eigenvalue weighted by Gasteiger charge is 2.32. The van der Waals surface area contributed by atoms with Gasteiger partial charge in [0.15, 0.2) is 0 Å². The van der Waals surface area contributed by atoms with Gasteiger partial charge in [0, 0.05) is 25.0 Å². The molecule has 0 aliphatic carbocycles. The predicted octanol–water partition coefficient (Wildman–Crippen LogP) is 2.09. The third kappa shape index (κ3) is 3.16. The molecule has 0 saturated carbocycles. The highest BCUT2D eigenvalue weighted by molar-refractivity contribution is 7.90. The summed E-state index contributed by atoms with van der Waals surface area (Å²) < 4.78 is 45.4. The molecule has 1 aliphatic rings. The topological polar surface area (TPSA) is 62.6 Å². The molecule has 2 aromatic rings. The molecule has 1 unspecified atom stereocenters. The minimum atomic E-state index is -3.24. The summed E-state index contributed by atoms with van der Waals surface area (Å²) in [7, 11) is -3.24. The second-order valence-corrected chi connectivity index (χ2v) is 7.63. The zero-order valence-corrected chi connectivity index (χ0v) is 13.2. The maximum atomic E-state index is 13.2. The van der Waals surface area contributed by atoms with Gasteiger partial charge in [-0.15, -0.1) is 0 Å². The summed E-state index contributed by atoms with van der Waals surface area (Å²) in [5.41, 5.74) is 0.646. The maximum Gasteiger partial charge on any atom is 0.215 e. The number of halogens is 1. The number of furan rings is 1. The van der Waals surface area contributed by atoms with Crippen LogP contribution in [0.4, 0.5) is 4.39 Å². The van der Waals surface area contributed by atoms with Crippen LogP contribution in [0.15, 0.2) is 28.7 Å². The third-order valence-electron chi connectivity index (χ3n) is 3.92. The minimum Gasteiger partial charge on any atom is -0.460 e. The first kappa shape index (κ1) is 15.5. The van der Waals surface area contributed by atoms with Gasteiger partial charge in [-0.25, -0.2) is 17.5 Å². The van der Waals surface area contributed by atoms with Gasteiger partial charge in [-0.2, -0.15) is 0 Å². The number of nitrogens with one attached hydrogen (secondary N) is 1. The van der Waals surface area contributed by atoms with Crippen LogP contribution in [0.2, 0.25) is 0 Å². The van der Waals surface area contributed by atoms with E-state index in [0.717, 1.165) is 11.1 Å². The van der Waals surface area contributed by atoms with Gasteiger partial charge in [-0.05, 0) is 30.7 Å². The lowest BCUT2D eigenvalue weighted by molar-refractivity contribution is 0.302. The smallest absolute Gasteiger partial charge is 0.215 e. The second-order valence-electron chi connectivity index (χ2n) is 5.58. The van der Waals surface area contributed by atoms with E-state index in [1.54, 1.807) is 13.0 Å². The molecule has 1 atom stereocenters. The van der Waals surface area contributed by atoms with Crippen LogP contribution in [0.1, 0.15) is 19.1 Å². The average Bonchev–Trinajstić information content (AvgIpc) is 3.05. The fraction of sp³-hybridized carbons (Fsp3) is 0.467. The molecular weight excluding hydrogens is 307 g/mol. The van der Waals surface area contributed by atoms with Crippen LogP contribution in [0.25, 0.3) is 11.0 Å². The summed E-state index contributed by atoms with van der Waals surface area (Å²) in [5, 5.41) is 0.347. The van der Waals surface area contributed by atoms with Gasteiger partial charge >= 0.3 is 0 Å². The van der Waals surface area contributed by atoms with E-state index in [2.05, 4.69) is 4.72 Å². The Kier molecular flexibility index (Phi) is 4.20. The molecule has 2 heterocycles. The Hall–Kier alpha value is -1.44. The summed E-state index contributed by atoms with van der Waals surface area (Å²) in [6, 6.07) is 6.22. The second kappa shape index (κ2) is 5.98. The summed E-state index contributed by atoms with van der Waals surface area (Å²) >= 11 is 0. The Morgan fingerprint density at radius 3 is 3.00 bits per heavy atom. The van der Waals surface area contributed by atoms with Crippen LogP contribution in [0, 0.1) is 5.82 Å². The van der Waals surface area contributed by atoms with Crippen molar-refractivity contribution in [3.05, 3.63) is 35.8 Å². The fourth-order valence-corrected chi connectivity index (χ4v) is 4.34. The van der Waals surface area contributed by atoms with E-state index >= 15 is 0 Å². The molecule has 1 N–H and O–H groups in total. The summed E-state index contributed by atoms with van der Waals surface area (Å²) in [6.45, 7) is 3.92. The average molecular weight is 326 g/mol. The van der Waals surface area contributed by atoms with Crippen molar-refractivity contribution >= 4 is 21.0 Å². The minimum absolute atomic E-state index is 0.294. The van der Waals surface area contributed by atoms with Crippen molar-refractivity contribution in [3.8, 4) is 0 Å². The Labute approximate surface area is 129 Å². The van der Waals surface area contributed by atoms with E-state index in [-0.39, 0.29) is 11.1 Å². The molecule has 0 bridgehead atoms. The Bertz CT molecular complexity index is 772. The van der Waals surface area contributed by atoms with Gasteiger partial charge in [-0.1, -0.05) is 6.92 Å². The summed E-state index contributed by atoms with van der Waals surface area (Å²) in [6.07, 6.45) is 0.615. The number of sulfonamides is 1.